The third-order valence-corrected chi connectivity index (χ3v) is 13.2. The monoisotopic (exact) mass is 724 g/mol. The number of hydrogen-bond donors (Lipinski definition) is 0. The van der Waals surface area contributed by atoms with Crippen molar-refractivity contribution in [2.75, 3.05) is 0 Å². The van der Waals surface area contributed by atoms with Crippen molar-refractivity contribution in [3.05, 3.63) is 204 Å². The first kappa shape index (κ1) is 32.5. The van der Waals surface area contributed by atoms with Gasteiger partial charge in [-0.05, 0) is 177 Å². The molecule has 0 N–H and O–H groups in total. The van der Waals surface area contributed by atoms with Gasteiger partial charge in [-0.15, -0.1) is 0 Å². The number of fused-ring (bicyclic) bond motifs is 5. The highest BCUT2D eigenvalue weighted by Crippen LogP contribution is 2.52. The van der Waals surface area contributed by atoms with Gasteiger partial charge in [0.15, 0.2) is 0 Å². The van der Waals surface area contributed by atoms with Gasteiger partial charge < -0.3 is 0 Å². The summed E-state index contributed by atoms with van der Waals surface area (Å²) in [6.45, 7) is 4.83. The van der Waals surface area contributed by atoms with Crippen LogP contribution in [-0.4, -0.2) is 0 Å². The molecule has 57 heavy (non-hydrogen) atoms. The first-order valence-electron chi connectivity index (χ1n) is 20.3. The van der Waals surface area contributed by atoms with Crippen LogP contribution < -0.4 is 0 Å². The lowest BCUT2D eigenvalue weighted by Gasteiger charge is -2.25. The minimum atomic E-state index is -0.158. The molecular formula is C57H40. The Bertz CT molecular complexity index is 3160. The molecule has 0 spiro atoms. The molecule has 0 aromatic heterocycles. The molecule has 0 fully saturated rings. The van der Waals surface area contributed by atoms with Crippen molar-refractivity contribution in [2.45, 2.75) is 32.1 Å². The molecule has 3 aliphatic rings. The van der Waals surface area contributed by atoms with Crippen molar-refractivity contribution in [1.29, 1.82) is 0 Å². The Labute approximate surface area is 334 Å². The van der Waals surface area contributed by atoms with Crippen LogP contribution in [0.4, 0.5) is 0 Å². The van der Waals surface area contributed by atoms with Crippen LogP contribution in [-0.2, 0) is 11.8 Å². The van der Waals surface area contributed by atoms with Crippen LogP contribution in [0.1, 0.15) is 48.1 Å². The van der Waals surface area contributed by atoms with Crippen LogP contribution in [0.3, 0.4) is 0 Å². The second-order valence-corrected chi connectivity index (χ2v) is 16.8. The molecule has 3 aliphatic carbocycles. The first-order valence-corrected chi connectivity index (χ1v) is 20.3. The van der Waals surface area contributed by atoms with E-state index in [1.807, 2.05) is 0 Å². The molecule has 0 amide bonds. The fourth-order valence-corrected chi connectivity index (χ4v) is 10.2. The van der Waals surface area contributed by atoms with E-state index in [1.165, 1.54) is 121 Å². The molecule has 9 aromatic carbocycles. The van der Waals surface area contributed by atoms with Crippen molar-refractivity contribution in [3.63, 3.8) is 0 Å². The van der Waals surface area contributed by atoms with Crippen LogP contribution in [0.5, 0.6) is 0 Å². The van der Waals surface area contributed by atoms with E-state index >= 15 is 0 Å². The molecule has 0 nitrogen and oxygen atoms in total. The SMILES string of the molecule is CC1(C)c2cc(-c3cc(-c4ccc5ccccc5c4)cc(-c4ccc5ccccc5c4)c3)ccc2-c2ccc(-c3ccc4c5c6c(ccc35)C=CCC6=CC4)cc21. The van der Waals surface area contributed by atoms with E-state index in [0.717, 1.165) is 12.8 Å². The van der Waals surface area contributed by atoms with Crippen molar-refractivity contribution >= 4 is 44.0 Å². The average molecular weight is 725 g/mol. The Morgan fingerprint density at radius 1 is 0.421 bits per heavy atom. The van der Waals surface area contributed by atoms with Gasteiger partial charge in [0.05, 0.1) is 0 Å². The van der Waals surface area contributed by atoms with Crippen LogP contribution in [0.15, 0.2) is 176 Å². The minimum Gasteiger partial charge on any atom is -0.0795 e. The van der Waals surface area contributed by atoms with E-state index in [-0.39, 0.29) is 5.41 Å². The lowest BCUT2D eigenvalue weighted by molar-refractivity contribution is 0.661. The normalized spacial score (nSPS) is 14.5. The summed E-state index contributed by atoms with van der Waals surface area (Å²) >= 11 is 0. The van der Waals surface area contributed by atoms with E-state index in [4.69, 9.17) is 0 Å². The highest BCUT2D eigenvalue weighted by Gasteiger charge is 2.36. The van der Waals surface area contributed by atoms with Gasteiger partial charge in [0.1, 0.15) is 0 Å². The van der Waals surface area contributed by atoms with Crippen LogP contribution in [0.2, 0.25) is 0 Å². The molecule has 0 atom stereocenters. The Morgan fingerprint density at radius 2 is 0.965 bits per heavy atom. The first-order chi connectivity index (χ1) is 28.0. The molecule has 12 rings (SSSR count). The van der Waals surface area contributed by atoms with Crippen molar-refractivity contribution in [3.8, 4) is 55.6 Å². The van der Waals surface area contributed by atoms with Gasteiger partial charge in [-0.3, -0.25) is 0 Å². The van der Waals surface area contributed by atoms with Crippen LogP contribution in [0.25, 0.3) is 99.6 Å². The predicted molar refractivity (Wildman–Crippen MR) is 244 cm³/mol. The molecule has 0 bridgehead atoms. The summed E-state index contributed by atoms with van der Waals surface area (Å²) in [5.41, 5.74) is 21.1. The second kappa shape index (κ2) is 12.1. The summed E-state index contributed by atoms with van der Waals surface area (Å²) < 4.78 is 0. The molecule has 9 aromatic rings. The third kappa shape index (κ3) is 5.00. The smallest absolute Gasteiger partial charge is 0.0159 e. The Balaban J connectivity index is 0.977. The summed E-state index contributed by atoms with van der Waals surface area (Å²) in [5, 5.41) is 7.86. The van der Waals surface area contributed by atoms with Crippen LogP contribution >= 0.6 is 0 Å². The quantitative estimate of drug-likeness (QED) is 0.170. The Hall–Kier alpha value is -6.76. The van der Waals surface area contributed by atoms with E-state index < -0.39 is 0 Å². The van der Waals surface area contributed by atoms with Crippen molar-refractivity contribution < 1.29 is 0 Å². The van der Waals surface area contributed by atoms with Gasteiger partial charge in [-0.1, -0.05) is 153 Å². The molecule has 0 unspecified atom stereocenters. The average Bonchev–Trinajstić information content (AvgIpc) is 3.49. The number of benzene rings is 9. The highest BCUT2D eigenvalue weighted by atomic mass is 14.4. The van der Waals surface area contributed by atoms with E-state index in [1.54, 1.807) is 0 Å². The lowest BCUT2D eigenvalue weighted by Crippen LogP contribution is -2.15. The fraction of sp³-hybridized carbons (Fsp3) is 0.0877. The summed E-state index contributed by atoms with van der Waals surface area (Å²) in [4.78, 5) is 0. The number of rotatable bonds is 4. The summed E-state index contributed by atoms with van der Waals surface area (Å²) in [7, 11) is 0. The maximum atomic E-state index is 2.49. The van der Waals surface area contributed by atoms with Crippen molar-refractivity contribution in [2.24, 2.45) is 0 Å². The number of hydrogen-bond acceptors (Lipinski definition) is 0. The topological polar surface area (TPSA) is 0 Å². The van der Waals surface area contributed by atoms with Gasteiger partial charge >= 0.3 is 0 Å². The maximum Gasteiger partial charge on any atom is 0.0159 e. The standard InChI is InChI=1S/C57H40/c1-57(2)53-33-44(48-31-46(42-18-14-35-8-3-5-10-40(35)28-42)30-47(32-48)43-19-15-36-9-4-6-11-41(36)29-43)22-25-50(53)51-26-23-45(34-54(51)57)49-24-20-39-17-16-37-12-7-13-38-21-27-52(49)56(39)55(37)38/h3-11,13-16,18-34H,12,17H2,1-2H3. The van der Waals surface area contributed by atoms with Gasteiger partial charge in [-0.25, -0.2) is 0 Å². The Morgan fingerprint density at radius 3 is 1.61 bits per heavy atom. The zero-order valence-corrected chi connectivity index (χ0v) is 32.2. The molecule has 0 saturated carbocycles. The van der Waals surface area contributed by atoms with Gasteiger partial charge in [0.2, 0.25) is 0 Å². The maximum absolute atomic E-state index is 2.49. The van der Waals surface area contributed by atoms with E-state index in [9.17, 15) is 0 Å². The molecule has 0 heterocycles. The predicted octanol–water partition coefficient (Wildman–Crippen LogP) is 15.5. The minimum absolute atomic E-state index is 0.158. The molecule has 0 saturated heterocycles. The summed E-state index contributed by atoms with van der Waals surface area (Å²) in [6.07, 6.45) is 9.10. The van der Waals surface area contributed by atoms with Gasteiger partial charge in [0, 0.05) is 5.41 Å². The molecule has 268 valence electrons. The van der Waals surface area contributed by atoms with Gasteiger partial charge in [0.25, 0.3) is 0 Å². The van der Waals surface area contributed by atoms with E-state index in [0.29, 0.717) is 0 Å². The van der Waals surface area contributed by atoms with Gasteiger partial charge in [-0.2, -0.15) is 0 Å². The third-order valence-electron chi connectivity index (χ3n) is 13.2. The van der Waals surface area contributed by atoms with Crippen molar-refractivity contribution in [1.82, 2.24) is 0 Å². The second-order valence-electron chi connectivity index (χ2n) is 16.8. The largest absolute Gasteiger partial charge is 0.0795 e. The van der Waals surface area contributed by atoms with Crippen LogP contribution in [0, 0.1) is 0 Å². The molecule has 0 aliphatic heterocycles. The number of allylic oxidation sites excluding steroid dienone is 3. The Kier molecular flexibility index (Phi) is 6.91. The molecular weight excluding hydrogens is 685 g/mol. The molecule has 0 heteroatoms. The van der Waals surface area contributed by atoms with E-state index in [2.05, 4.69) is 196 Å². The zero-order valence-electron chi connectivity index (χ0n) is 32.2. The zero-order chi connectivity index (χ0) is 37.8. The molecule has 0 radical (unpaired) electrons. The highest BCUT2D eigenvalue weighted by molar-refractivity contribution is 6.08. The fourth-order valence-electron chi connectivity index (χ4n) is 10.2. The lowest BCUT2D eigenvalue weighted by atomic mass is 9.78. The summed E-state index contributed by atoms with van der Waals surface area (Å²) in [6, 6.07) is 62.0. The summed E-state index contributed by atoms with van der Waals surface area (Å²) in [5.74, 6) is 0.